The van der Waals surface area contributed by atoms with Gasteiger partial charge in [-0.1, -0.05) is 0 Å². The first-order chi connectivity index (χ1) is 9.01. The molecule has 1 aromatic carbocycles. The van der Waals surface area contributed by atoms with Gasteiger partial charge in [-0.2, -0.15) is 10.4 Å². The summed E-state index contributed by atoms with van der Waals surface area (Å²) < 4.78 is 14.6. The van der Waals surface area contributed by atoms with Crippen molar-refractivity contribution >= 4 is 11.7 Å². The molecule has 1 aromatic heterocycles. The normalized spacial score (nSPS) is 10.0. The Balaban J connectivity index is 2.26. The van der Waals surface area contributed by atoms with Gasteiger partial charge in [-0.15, -0.1) is 0 Å². The quantitative estimate of drug-likeness (QED) is 0.895. The van der Waals surface area contributed by atoms with Gasteiger partial charge in [0.2, 0.25) is 0 Å². The number of aryl methyl sites for hydroxylation is 2. The highest BCUT2D eigenvalue weighted by Gasteiger charge is 2.13. The Morgan fingerprint density at radius 3 is 2.89 bits per heavy atom. The number of nitriles is 1. The third kappa shape index (κ3) is 2.60. The van der Waals surface area contributed by atoms with E-state index < -0.39 is 5.91 Å². The number of nitrogens with one attached hydrogen (secondary N) is 1. The maximum atomic E-state index is 13.1. The number of nitrogens with zero attached hydrogens (tertiary/aromatic N) is 3. The number of carbonyl (C=O) groups excluding carboxylic acids is 1. The standard InChI is InChI=1S/C13H11FN4O/c1-8-5-9(3-4-11(8)14)13(19)16-12-10(6-15)7-18(2)17-12/h3-5,7H,1-2H3,(H,16,17,19). The van der Waals surface area contributed by atoms with Gasteiger partial charge in [0.1, 0.15) is 17.4 Å². The van der Waals surface area contributed by atoms with Gasteiger partial charge >= 0.3 is 0 Å². The Morgan fingerprint density at radius 2 is 2.26 bits per heavy atom. The highest BCUT2D eigenvalue weighted by Crippen LogP contribution is 2.14. The van der Waals surface area contributed by atoms with Gasteiger partial charge < -0.3 is 5.32 Å². The number of amides is 1. The van der Waals surface area contributed by atoms with Crippen LogP contribution in [0.1, 0.15) is 21.5 Å². The fourth-order valence-corrected chi connectivity index (χ4v) is 1.63. The number of rotatable bonds is 2. The van der Waals surface area contributed by atoms with Gasteiger partial charge in [-0.3, -0.25) is 9.48 Å². The molecule has 6 heteroatoms. The van der Waals surface area contributed by atoms with Gasteiger partial charge in [0.05, 0.1) is 0 Å². The number of hydrogen-bond acceptors (Lipinski definition) is 3. The average Bonchev–Trinajstić information content (AvgIpc) is 2.72. The second-order valence-corrected chi connectivity index (χ2v) is 4.09. The van der Waals surface area contributed by atoms with E-state index in [0.29, 0.717) is 11.1 Å². The summed E-state index contributed by atoms with van der Waals surface area (Å²) in [4.78, 5) is 12.0. The smallest absolute Gasteiger partial charge is 0.256 e. The Morgan fingerprint density at radius 1 is 1.53 bits per heavy atom. The molecule has 2 aromatic rings. The van der Waals surface area contributed by atoms with Crippen molar-refractivity contribution in [2.75, 3.05) is 5.32 Å². The molecule has 0 radical (unpaired) electrons. The predicted molar refractivity (Wildman–Crippen MR) is 67.0 cm³/mol. The lowest BCUT2D eigenvalue weighted by atomic mass is 10.1. The molecule has 0 saturated carbocycles. The van der Waals surface area contributed by atoms with Gasteiger partial charge in [-0.25, -0.2) is 4.39 Å². The second kappa shape index (κ2) is 4.90. The zero-order valence-electron chi connectivity index (χ0n) is 10.4. The van der Waals surface area contributed by atoms with Gasteiger partial charge in [0.25, 0.3) is 5.91 Å². The summed E-state index contributed by atoms with van der Waals surface area (Å²) in [6.07, 6.45) is 1.51. The first kappa shape index (κ1) is 12.8. The molecule has 0 fully saturated rings. The van der Waals surface area contributed by atoms with E-state index in [1.807, 2.05) is 6.07 Å². The van der Waals surface area contributed by atoms with Gasteiger partial charge in [0.15, 0.2) is 5.82 Å². The molecule has 0 aliphatic heterocycles. The van der Waals surface area contributed by atoms with E-state index in [1.54, 1.807) is 14.0 Å². The molecule has 0 unspecified atom stereocenters. The fourth-order valence-electron chi connectivity index (χ4n) is 1.63. The van der Waals surface area contributed by atoms with Crippen molar-refractivity contribution in [1.29, 1.82) is 5.26 Å². The fraction of sp³-hybridized carbons (Fsp3) is 0.154. The Kier molecular flexibility index (Phi) is 3.29. The monoisotopic (exact) mass is 258 g/mol. The summed E-state index contributed by atoms with van der Waals surface area (Å²) in [6.45, 7) is 1.58. The van der Waals surface area contributed by atoms with Crippen LogP contribution in [0.4, 0.5) is 10.2 Å². The summed E-state index contributed by atoms with van der Waals surface area (Å²) >= 11 is 0. The molecule has 0 spiro atoms. The third-order valence-electron chi connectivity index (χ3n) is 2.60. The predicted octanol–water partition coefficient (Wildman–Crippen LogP) is 1.99. The Hall–Kier alpha value is -2.68. The van der Waals surface area contributed by atoms with Crippen LogP contribution >= 0.6 is 0 Å². The largest absolute Gasteiger partial charge is 0.304 e. The first-order valence-electron chi connectivity index (χ1n) is 5.52. The molecule has 0 aliphatic rings. The number of anilines is 1. The van der Waals surface area contributed by atoms with Crippen LogP contribution in [0.2, 0.25) is 0 Å². The third-order valence-corrected chi connectivity index (χ3v) is 2.60. The van der Waals surface area contributed by atoms with Crippen LogP contribution in [0.3, 0.4) is 0 Å². The average molecular weight is 258 g/mol. The van der Waals surface area contributed by atoms with Crippen molar-refractivity contribution in [3.05, 3.63) is 46.9 Å². The van der Waals surface area contributed by atoms with Crippen molar-refractivity contribution in [3.63, 3.8) is 0 Å². The first-order valence-corrected chi connectivity index (χ1v) is 5.52. The summed E-state index contributed by atoms with van der Waals surface area (Å²) in [7, 11) is 1.65. The molecule has 1 amide bonds. The van der Waals surface area contributed by atoms with Crippen molar-refractivity contribution in [1.82, 2.24) is 9.78 Å². The zero-order chi connectivity index (χ0) is 14.0. The van der Waals surface area contributed by atoms with Crippen LogP contribution in [-0.2, 0) is 7.05 Å². The lowest BCUT2D eigenvalue weighted by molar-refractivity contribution is 0.102. The number of benzene rings is 1. The van der Waals surface area contributed by atoms with Crippen molar-refractivity contribution in [2.45, 2.75) is 6.92 Å². The summed E-state index contributed by atoms with van der Waals surface area (Å²) in [5.41, 5.74) is 0.970. The lowest BCUT2D eigenvalue weighted by Gasteiger charge is -2.04. The summed E-state index contributed by atoms with van der Waals surface area (Å²) in [5.74, 6) is -0.609. The van der Waals surface area contributed by atoms with E-state index in [0.717, 1.165) is 0 Å². The van der Waals surface area contributed by atoms with E-state index in [-0.39, 0.29) is 17.2 Å². The highest BCUT2D eigenvalue weighted by molar-refractivity contribution is 6.04. The van der Waals surface area contributed by atoms with Gasteiger partial charge in [0, 0.05) is 18.8 Å². The van der Waals surface area contributed by atoms with Crippen molar-refractivity contribution < 1.29 is 9.18 Å². The molecule has 5 nitrogen and oxygen atoms in total. The number of halogens is 1. The van der Waals surface area contributed by atoms with Crippen LogP contribution in [0, 0.1) is 24.1 Å². The van der Waals surface area contributed by atoms with Crippen LogP contribution in [-0.4, -0.2) is 15.7 Å². The molecular formula is C13H11FN4O. The van der Waals surface area contributed by atoms with Crippen molar-refractivity contribution in [3.8, 4) is 6.07 Å². The minimum Gasteiger partial charge on any atom is -0.304 e. The topological polar surface area (TPSA) is 70.7 Å². The molecule has 1 heterocycles. The summed E-state index contributed by atoms with van der Waals surface area (Å²) in [6, 6.07) is 5.99. The van der Waals surface area contributed by atoms with Crippen LogP contribution in [0.5, 0.6) is 0 Å². The minimum atomic E-state index is -0.432. The zero-order valence-corrected chi connectivity index (χ0v) is 10.4. The molecule has 0 atom stereocenters. The van der Waals surface area contributed by atoms with E-state index in [9.17, 15) is 9.18 Å². The van der Waals surface area contributed by atoms with Crippen LogP contribution < -0.4 is 5.32 Å². The molecule has 2 rings (SSSR count). The SMILES string of the molecule is Cc1cc(C(=O)Nc2nn(C)cc2C#N)ccc1F. The molecule has 96 valence electrons. The molecule has 0 saturated heterocycles. The lowest BCUT2D eigenvalue weighted by Crippen LogP contribution is -2.13. The van der Waals surface area contributed by atoms with Crippen LogP contribution in [0.15, 0.2) is 24.4 Å². The van der Waals surface area contributed by atoms with E-state index in [4.69, 9.17) is 5.26 Å². The van der Waals surface area contributed by atoms with Crippen molar-refractivity contribution in [2.24, 2.45) is 7.05 Å². The molecule has 1 N–H and O–H groups in total. The molecule has 0 aliphatic carbocycles. The molecule has 0 bridgehead atoms. The maximum Gasteiger partial charge on any atom is 0.256 e. The van der Waals surface area contributed by atoms with E-state index in [2.05, 4.69) is 10.4 Å². The minimum absolute atomic E-state index is 0.192. The number of hydrogen-bond donors (Lipinski definition) is 1. The number of carbonyl (C=O) groups is 1. The Labute approximate surface area is 109 Å². The second-order valence-electron chi connectivity index (χ2n) is 4.09. The summed E-state index contributed by atoms with van der Waals surface area (Å²) in [5, 5.41) is 15.4. The maximum absolute atomic E-state index is 13.1. The van der Waals surface area contributed by atoms with Crippen LogP contribution in [0.25, 0.3) is 0 Å². The molecular weight excluding hydrogens is 247 g/mol. The Bertz CT molecular complexity index is 684. The van der Waals surface area contributed by atoms with E-state index >= 15 is 0 Å². The van der Waals surface area contributed by atoms with Gasteiger partial charge in [-0.05, 0) is 30.7 Å². The van der Waals surface area contributed by atoms with E-state index in [1.165, 1.54) is 29.1 Å². The molecule has 19 heavy (non-hydrogen) atoms. The number of aromatic nitrogens is 2. The highest BCUT2D eigenvalue weighted by atomic mass is 19.1.